The summed E-state index contributed by atoms with van der Waals surface area (Å²) in [6.45, 7) is 2.40. The van der Waals surface area contributed by atoms with E-state index in [1.807, 2.05) is 6.92 Å². The normalized spacial score (nSPS) is 10.2. The molecule has 1 heterocycles. The first-order chi connectivity index (χ1) is 10.0. The van der Waals surface area contributed by atoms with Crippen LogP contribution in [0.5, 0.6) is 11.6 Å². The molecule has 110 valence electrons. The number of hydrogen-bond donors (Lipinski definition) is 1. The third-order valence-corrected chi connectivity index (χ3v) is 3.19. The standard InChI is InChI=1S/C12H10BrFN4O3/c1-2-15-12-16-6-7(14)11(17-12)21-9-5-3-4-8(10(9)13)18(19)20/h3-6H,2H2,1H3,(H,15,16,17). The van der Waals surface area contributed by atoms with Gasteiger partial charge in [0, 0.05) is 12.6 Å². The maximum absolute atomic E-state index is 13.7. The zero-order valence-electron chi connectivity index (χ0n) is 10.8. The molecule has 1 N–H and O–H groups in total. The van der Waals surface area contributed by atoms with Crippen LogP contribution in [0.1, 0.15) is 6.92 Å². The summed E-state index contributed by atoms with van der Waals surface area (Å²) in [6, 6.07) is 4.20. The number of ether oxygens (including phenoxy) is 1. The molecule has 0 fully saturated rings. The molecule has 0 aliphatic heterocycles. The fourth-order valence-electron chi connectivity index (χ4n) is 1.49. The minimum atomic E-state index is -0.768. The van der Waals surface area contributed by atoms with E-state index in [-0.39, 0.29) is 27.7 Å². The fourth-order valence-corrected chi connectivity index (χ4v) is 1.98. The highest BCUT2D eigenvalue weighted by atomic mass is 79.9. The van der Waals surface area contributed by atoms with Gasteiger partial charge in [-0.2, -0.15) is 9.37 Å². The Balaban J connectivity index is 2.36. The van der Waals surface area contributed by atoms with Gasteiger partial charge in [0.15, 0.2) is 5.75 Å². The Morgan fingerprint density at radius 2 is 2.29 bits per heavy atom. The Bertz CT molecular complexity index is 684. The molecule has 0 spiro atoms. The molecular weight excluding hydrogens is 347 g/mol. The average molecular weight is 357 g/mol. The lowest BCUT2D eigenvalue weighted by molar-refractivity contribution is -0.385. The highest BCUT2D eigenvalue weighted by molar-refractivity contribution is 9.10. The van der Waals surface area contributed by atoms with Crippen molar-refractivity contribution < 1.29 is 14.1 Å². The van der Waals surface area contributed by atoms with E-state index >= 15 is 0 Å². The van der Waals surface area contributed by atoms with Crippen LogP contribution in [0, 0.1) is 15.9 Å². The summed E-state index contributed by atoms with van der Waals surface area (Å²) >= 11 is 3.07. The summed E-state index contributed by atoms with van der Waals surface area (Å²) in [5, 5.41) is 13.7. The number of hydrogen-bond acceptors (Lipinski definition) is 6. The maximum Gasteiger partial charge on any atom is 0.287 e. The van der Waals surface area contributed by atoms with Crippen LogP contribution in [0.25, 0.3) is 0 Å². The van der Waals surface area contributed by atoms with E-state index in [4.69, 9.17) is 4.74 Å². The number of nitrogens with zero attached hydrogens (tertiary/aromatic N) is 3. The van der Waals surface area contributed by atoms with E-state index in [2.05, 4.69) is 31.2 Å². The van der Waals surface area contributed by atoms with Crippen LogP contribution in [-0.4, -0.2) is 21.4 Å². The molecule has 7 nitrogen and oxygen atoms in total. The maximum atomic E-state index is 13.7. The molecule has 0 saturated heterocycles. The second-order valence-corrected chi connectivity index (χ2v) is 4.62. The summed E-state index contributed by atoms with van der Waals surface area (Å²) in [5.41, 5.74) is -0.186. The van der Waals surface area contributed by atoms with Crippen molar-refractivity contribution in [3.63, 3.8) is 0 Å². The van der Waals surface area contributed by atoms with E-state index in [9.17, 15) is 14.5 Å². The number of aromatic nitrogens is 2. The Morgan fingerprint density at radius 3 is 2.95 bits per heavy atom. The van der Waals surface area contributed by atoms with Crippen LogP contribution in [0.15, 0.2) is 28.9 Å². The lowest BCUT2D eigenvalue weighted by atomic mass is 10.3. The average Bonchev–Trinajstić information content (AvgIpc) is 2.44. The molecule has 2 rings (SSSR count). The fraction of sp³-hybridized carbons (Fsp3) is 0.167. The molecule has 0 bridgehead atoms. The number of benzene rings is 1. The van der Waals surface area contributed by atoms with Crippen molar-refractivity contribution in [3.05, 3.63) is 44.8 Å². The van der Waals surface area contributed by atoms with Crippen molar-refractivity contribution in [2.24, 2.45) is 0 Å². The van der Waals surface area contributed by atoms with Gasteiger partial charge in [-0.1, -0.05) is 6.07 Å². The van der Waals surface area contributed by atoms with Crippen LogP contribution in [0.4, 0.5) is 16.0 Å². The Kier molecular flexibility index (Phi) is 4.63. The zero-order chi connectivity index (χ0) is 15.4. The molecule has 2 aromatic rings. The molecule has 1 aromatic carbocycles. The van der Waals surface area contributed by atoms with Gasteiger partial charge in [-0.25, -0.2) is 4.98 Å². The largest absolute Gasteiger partial charge is 0.435 e. The minimum absolute atomic E-state index is 0.0873. The van der Waals surface area contributed by atoms with Crippen LogP contribution in [0.3, 0.4) is 0 Å². The SMILES string of the molecule is CCNc1ncc(F)c(Oc2cccc([N+](=O)[O-])c2Br)n1. The van der Waals surface area contributed by atoms with Crippen molar-refractivity contribution in [1.82, 2.24) is 9.97 Å². The van der Waals surface area contributed by atoms with Crippen molar-refractivity contribution in [3.8, 4) is 11.6 Å². The second-order valence-electron chi connectivity index (χ2n) is 3.83. The summed E-state index contributed by atoms with van der Waals surface area (Å²) in [6.07, 6.45) is 0.964. The summed E-state index contributed by atoms with van der Waals surface area (Å²) in [5.74, 6) is -0.795. The van der Waals surface area contributed by atoms with Gasteiger partial charge in [0.05, 0.1) is 11.1 Å². The van der Waals surface area contributed by atoms with Gasteiger partial charge in [-0.3, -0.25) is 10.1 Å². The van der Waals surface area contributed by atoms with Crippen molar-refractivity contribution in [2.45, 2.75) is 6.92 Å². The molecule has 0 unspecified atom stereocenters. The van der Waals surface area contributed by atoms with Crippen molar-refractivity contribution in [2.75, 3.05) is 11.9 Å². The number of nitro groups is 1. The molecule has 1 aromatic heterocycles. The number of halogens is 2. The van der Waals surface area contributed by atoms with E-state index in [0.29, 0.717) is 6.54 Å². The molecule has 9 heteroatoms. The number of nitro benzene ring substituents is 1. The molecular formula is C12H10BrFN4O3. The zero-order valence-corrected chi connectivity index (χ0v) is 12.4. The summed E-state index contributed by atoms with van der Waals surface area (Å²) in [7, 11) is 0. The molecule has 0 radical (unpaired) electrons. The lowest BCUT2D eigenvalue weighted by Crippen LogP contribution is -2.04. The van der Waals surface area contributed by atoms with Crippen molar-refractivity contribution >= 4 is 27.6 Å². The number of anilines is 1. The van der Waals surface area contributed by atoms with Crippen LogP contribution in [-0.2, 0) is 0 Å². The Hall–Kier alpha value is -2.29. The third-order valence-electron chi connectivity index (χ3n) is 2.39. The van der Waals surface area contributed by atoms with Gasteiger partial charge in [0.2, 0.25) is 11.8 Å². The molecule has 0 aliphatic carbocycles. The Morgan fingerprint density at radius 1 is 1.52 bits per heavy atom. The van der Waals surface area contributed by atoms with Crippen molar-refractivity contribution in [1.29, 1.82) is 0 Å². The molecule has 0 atom stereocenters. The Labute approximate surface area is 127 Å². The van der Waals surface area contributed by atoms with Gasteiger partial charge in [-0.05, 0) is 28.9 Å². The predicted molar refractivity (Wildman–Crippen MR) is 77.0 cm³/mol. The highest BCUT2D eigenvalue weighted by Crippen LogP contribution is 2.36. The third kappa shape index (κ3) is 3.43. The highest BCUT2D eigenvalue weighted by Gasteiger charge is 2.18. The molecule has 21 heavy (non-hydrogen) atoms. The lowest BCUT2D eigenvalue weighted by Gasteiger charge is -2.09. The van der Waals surface area contributed by atoms with E-state index in [0.717, 1.165) is 6.20 Å². The van der Waals surface area contributed by atoms with E-state index in [1.165, 1.54) is 18.2 Å². The van der Waals surface area contributed by atoms with E-state index < -0.39 is 10.7 Å². The van der Waals surface area contributed by atoms with Gasteiger partial charge in [0.1, 0.15) is 4.47 Å². The topological polar surface area (TPSA) is 90.2 Å². The summed E-state index contributed by atoms with van der Waals surface area (Å²) < 4.78 is 19.1. The van der Waals surface area contributed by atoms with Crippen LogP contribution < -0.4 is 10.1 Å². The van der Waals surface area contributed by atoms with Gasteiger partial charge in [-0.15, -0.1) is 0 Å². The minimum Gasteiger partial charge on any atom is -0.435 e. The smallest absolute Gasteiger partial charge is 0.287 e. The van der Waals surface area contributed by atoms with Crippen LogP contribution in [0.2, 0.25) is 0 Å². The molecule has 0 amide bonds. The van der Waals surface area contributed by atoms with Crippen LogP contribution >= 0.6 is 15.9 Å². The molecule has 0 saturated carbocycles. The van der Waals surface area contributed by atoms with E-state index in [1.54, 1.807) is 0 Å². The first kappa shape index (κ1) is 15.1. The van der Waals surface area contributed by atoms with Gasteiger partial charge in [0.25, 0.3) is 11.6 Å². The predicted octanol–water partition coefficient (Wildman–Crippen LogP) is 3.51. The first-order valence-electron chi connectivity index (χ1n) is 5.90. The summed E-state index contributed by atoms with van der Waals surface area (Å²) in [4.78, 5) is 17.9. The van der Waals surface area contributed by atoms with Gasteiger partial charge >= 0.3 is 0 Å². The first-order valence-corrected chi connectivity index (χ1v) is 6.69. The number of nitrogens with one attached hydrogen (secondary N) is 1. The number of rotatable bonds is 5. The quantitative estimate of drug-likeness (QED) is 0.651. The monoisotopic (exact) mass is 356 g/mol. The van der Waals surface area contributed by atoms with Gasteiger partial charge < -0.3 is 10.1 Å². The molecule has 0 aliphatic rings. The second kappa shape index (κ2) is 6.44.